The van der Waals surface area contributed by atoms with Crippen LogP contribution in [0.1, 0.15) is 18.4 Å². The van der Waals surface area contributed by atoms with E-state index in [0.717, 1.165) is 13.0 Å². The third kappa shape index (κ3) is 2.02. The summed E-state index contributed by atoms with van der Waals surface area (Å²) in [6, 6.07) is 10.8. The number of nitrogens with zero attached hydrogens (tertiary/aromatic N) is 2. The number of aromatic nitrogens is 1. The predicted octanol–water partition coefficient (Wildman–Crippen LogP) is 3.25. The molecule has 0 fully saturated rings. The fourth-order valence-corrected chi connectivity index (χ4v) is 1.84. The third-order valence-corrected chi connectivity index (χ3v) is 2.61. The van der Waals surface area contributed by atoms with Gasteiger partial charge in [0.05, 0.1) is 6.07 Å². The molecule has 0 amide bonds. The van der Waals surface area contributed by atoms with Crippen molar-refractivity contribution in [3.8, 4) is 6.07 Å². The molecular formula is C13H14N2. The van der Waals surface area contributed by atoms with Gasteiger partial charge in [-0.2, -0.15) is 5.26 Å². The van der Waals surface area contributed by atoms with E-state index in [1.54, 1.807) is 0 Å². The van der Waals surface area contributed by atoms with Crippen LogP contribution in [0.5, 0.6) is 0 Å². The Hall–Kier alpha value is -1.75. The Morgan fingerprint density at radius 1 is 1.33 bits per heavy atom. The maximum Gasteiger partial charge on any atom is 0.0622 e. The summed E-state index contributed by atoms with van der Waals surface area (Å²) in [5.74, 6) is 0. The number of fused-ring (bicyclic) bond motifs is 1. The molecular weight excluding hydrogens is 184 g/mol. The number of nitriles is 1. The normalized spacial score (nSPS) is 10.4. The molecule has 0 aliphatic rings. The van der Waals surface area contributed by atoms with Crippen LogP contribution in [-0.4, -0.2) is 4.57 Å². The highest BCUT2D eigenvalue weighted by Crippen LogP contribution is 2.17. The van der Waals surface area contributed by atoms with Crippen LogP contribution in [0.3, 0.4) is 0 Å². The minimum atomic E-state index is 0.630. The van der Waals surface area contributed by atoms with E-state index in [4.69, 9.17) is 5.26 Å². The number of benzene rings is 1. The predicted molar refractivity (Wildman–Crippen MR) is 61.5 cm³/mol. The van der Waals surface area contributed by atoms with Crippen LogP contribution in [0.2, 0.25) is 0 Å². The molecule has 76 valence electrons. The average Bonchev–Trinajstić information content (AvgIpc) is 2.61. The van der Waals surface area contributed by atoms with E-state index >= 15 is 0 Å². The van der Waals surface area contributed by atoms with E-state index in [9.17, 15) is 0 Å². The van der Waals surface area contributed by atoms with Crippen LogP contribution in [0.4, 0.5) is 0 Å². The zero-order valence-electron chi connectivity index (χ0n) is 8.90. The summed E-state index contributed by atoms with van der Waals surface area (Å²) in [5.41, 5.74) is 2.55. The van der Waals surface area contributed by atoms with Crippen molar-refractivity contribution in [2.24, 2.45) is 0 Å². The van der Waals surface area contributed by atoms with Crippen LogP contribution in [0, 0.1) is 18.3 Å². The molecule has 0 aliphatic heterocycles. The molecule has 2 aromatic rings. The van der Waals surface area contributed by atoms with E-state index in [1.807, 2.05) is 0 Å². The highest BCUT2D eigenvalue weighted by atomic mass is 14.9. The Kier molecular flexibility index (Phi) is 2.73. The largest absolute Gasteiger partial charge is 0.347 e. The minimum absolute atomic E-state index is 0.630. The lowest BCUT2D eigenvalue weighted by Crippen LogP contribution is -1.95. The number of hydrogen-bond donors (Lipinski definition) is 0. The Balaban J connectivity index is 2.26. The van der Waals surface area contributed by atoms with E-state index in [0.29, 0.717) is 6.42 Å². The summed E-state index contributed by atoms with van der Waals surface area (Å²) in [4.78, 5) is 0. The summed E-state index contributed by atoms with van der Waals surface area (Å²) in [5, 5.41) is 9.77. The summed E-state index contributed by atoms with van der Waals surface area (Å²) < 4.78 is 2.21. The molecule has 0 spiro atoms. The molecule has 0 aliphatic carbocycles. The second-order valence-corrected chi connectivity index (χ2v) is 3.83. The number of rotatable bonds is 3. The maximum atomic E-state index is 8.49. The zero-order chi connectivity index (χ0) is 10.7. The third-order valence-electron chi connectivity index (χ3n) is 2.61. The Bertz CT molecular complexity index is 503. The van der Waals surface area contributed by atoms with Gasteiger partial charge in [0.2, 0.25) is 0 Å². The van der Waals surface area contributed by atoms with Crippen LogP contribution < -0.4 is 0 Å². The lowest BCUT2D eigenvalue weighted by Gasteiger charge is -2.03. The van der Waals surface area contributed by atoms with Gasteiger partial charge in [-0.3, -0.25) is 0 Å². The first-order chi connectivity index (χ1) is 7.31. The van der Waals surface area contributed by atoms with Gasteiger partial charge in [0, 0.05) is 24.7 Å². The minimum Gasteiger partial charge on any atom is -0.347 e. The van der Waals surface area contributed by atoms with Crippen molar-refractivity contribution in [3.05, 3.63) is 36.0 Å². The molecule has 1 aromatic heterocycles. The van der Waals surface area contributed by atoms with Crippen molar-refractivity contribution >= 4 is 10.9 Å². The summed E-state index contributed by atoms with van der Waals surface area (Å²) in [6.45, 7) is 3.03. The van der Waals surface area contributed by atoms with Crippen molar-refractivity contribution in [1.29, 1.82) is 5.26 Å². The molecule has 0 unspecified atom stereocenters. The Labute approximate surface area is 89.7 Å². The van der Waals surface area contributed by atoms with Crippen LogP contribution in [-0.2, 0) is 6.54 Å². The van der Waals surface area contributed by atoms with Gasteiger partial charge >= 0.3 is 0 Å². The lowest BCUT2D eigenvalue weighted by molar-refractivity contribution is 0.674. The quantitative estimate of drug-likeness (QED) is 0.696. The van der Waals surface area contributed by atoms with E-state index in [-0.39, 0.29) is 0 Å². The number of unbranched alkanes of at least 4 members (excludes halogenated alkanes) is 1. The Morgan fingerprint density at radius 3 is 3.00 bits per heavy atom. The van der Waals surface area contributed by atoms with Gasteiger partial charge in [0.25, 0.3) is 0 Å². The first-order valence-corrected chi connectivity index (χ1v) is 5.24. The van der Waals surface area contributed by atoms with Crippen molar-refractivity contribution < 1.29 is 0 Å². The molecule has 0 radical (unpaired) electrons. The molecule has 0 atom stereocenters. The van der Waals surface area contributed by atoms with Crippen molar-refractivity contribution in [3.63, 3.8) is 0 Å². The van der Waals surface area contributed by atoms with Crippen molar-refractivity contribution in [2.45, 2.75) is 26.3 Å². The monoisotopic (exact) mass is 198 g/mol. The molecule has 0 bridgehead atoms. The molecule has 2 heteroatoms. The second kappa shape index (κ2) is 4.18. The fraction of sp³-hybridized carbons (Fsp3) is 0.308. The number of aryl methyl sites for hydroxylation is 2. The van der Waals surface area contributed by atoms with Crippen molar-refractivity contribution in [1.82, 2.24) is 4.57 Å². The molecule has 2 nitrogen and oxygen atoms in total. The highest BCUT2D eigenvalue weighted by molar-refractivity contribution is 5.80. The van der Waals surface area contributed by atoms with E-state index in [1.165, 1.54) is 16.5 Å². The van der Waals surface area contributed by atoms with Gasteiger partial charge in [-0.05, 0) is 36.9 Å². The van der Waals surface area contributed by atoms with Gasteiger partial charge in [-0.25, -0.2) is 0 Å². The standard InChI is InChI=1S/C13H14N2/c1-11-4-5-13-12(10-11)6-9-15(13)8-3-2-7-14/h4-6,9-10H,2-3,8H2,1H3. The number of hydrogen-bond acceptors (Lipinski definition) is 1. The molecule has 2 rings (SSSR count). The highest BCUT2D eigenvalue weighted by Gasteiger charge is 2.00. The first-order valence-electron chi connectivity index (χ1n) is 5.24. The molecule has 0 saturated carbocycles. The van der Waals surface area contributed by atoms with Gasteiger partial charge in [-0.15, -0.1) is 0 Å². The zero-order valence-corrected chi connectivity index (χ0v) is 8.90. The molecule has 1 heterocycles. The van der Waals surface area contributed by atoms with Gasteiger partial charge < -0.3 is 4.57 Å². The van der Waals surface area contributed by atoms with Crippen LogP contribution >= 0.6 is 0 Å². The Morgan fingerprint density at radius 2 is 2.20 bits per heavy atom. The molecule has 1 aromatic carbocycles. The summed E-state index contributed by atoms with van der Waals surface area (Å²) in [6.07, 6.45) is 3.65. The van der Waals surface area contributed by atoms with Crippen LogP contribution in [0.25, 0.3) is 10.9 Å². The summed E-state index contributed by atoms with van der Waals surface area (Å²) >= 11 is 0. The van der Waals surface area contributed by atoms with Gasteiger partial charge in [-0.1, -0.05) is 11.6 Å². The fourth-order valence-electron chi connectivity index (χ4n) is 1.84. The SMILES string of the molecule is Cc1ccc2c(ccn2CCCC#N)c1. The van der Waals surface area contributed by atoms with E-state index in [2.05, 4.69) is 48.0 Å². The molecule has 15 heavy (non-hydrogen) atoms. The smallest absolute Gasteiger partial charge is 0.0622 e. The van der Waals surface area contributed by atoms with Crippen molar-refractivity contribution in [2.75, 3.05) is 0 Å². The van der Waals surface area contributed by atoms with Gasteiger partial charge in [0.1, 0.15) is 0 Å². The van der Waals surface area contributed by atoms with Gasteiger partial charge in [0.15, 0.2) is 0 Å². The molecule has 0 saturated heterocycles. The van der Waals surface area contributed by atoms with Crippen LogP contribution in [0.15, 0.2) is 30.5 Å². The topological polar surface area (TPSA) is 28.7 Å². The average molecular weight is 198 g/mol. The lowest BCUT2D eigenvalue weighted by atomic mass is 10.2. The first kappa shape index (κ1) is 9.79. The maximum absolute atomic E-state index is 8.49. The molecule has 0 N–H and O–H groups in total. The summed E-state index contributed by atoms with van der Waals surface area (Å²) in [7, 11) is 0. The van der Waals surface area contributed by atoms with E-state index < -0.39 is 0 Å². The second-order valence-electron chi connectivity index (χ2n) is 3.83.